The maximum Gasteiger partial charge on any atom is 0.317 e. The number of benzene rings is 1. The Morgan fingerprint density at radius 1 is 1.12 bits per heavy atom. The summed E-state index contributed by atoms with van der Waals surface area (Å²) in [6.45, 7) is 6.56. The molecule has 2 aromatic rings. The van der Waals surface area contributed by atoms with Crippen molar-refractivity contribution in [2.75, 3.05) is 45.8 Å². The lowest BCUT2D eigenvalue weighted by Crippen LogP contribution is -2.53. The topological polar surface area (TPSA) is 55.9 Å². The molecule has 2 aliphatic heterocycles. The van der Waals surface area contributed by atoms with Gasteiger partial charge in [0.15, 0.2) is 0 Å². The van der Waals surface area contributed by atoms with Gasteiger partial charge in [-0.1, -0.05) is 25.5 Å². The molecule has 178 valence electrons. The van der Waals surface area contributed by atoms with Crippen LogP contribution < -0.4 is 5.32 Å². The third-order valence-corrected chi connectivity index (χ3v) is 7.57. The second-order valence-electron chi connectivity index (χ2n) is 8.75. The number of hydrogen-bond acceptors (Lipinski definition) is 4. The van der Waals surface area contributed by atoms with Crippen molar-refractivity contribution in [2.45, 2.75) is 38.6 Å². The normalized spacial score (nSPS) is 18.8. The third-order valence-electron chi connectivity index (χ3n) is 6.57. The van der Waals surface area contributed by atoms with E-state index in [9.17, 15) is 14.0 Å². The van der Waals surface area contributed by atoms with E-state index in [1.165, 1.54) is 16.5 Å². The van der Waals surface area contributed by atoms with Crippen LogP contribution >= 0.6 is 11.3 Å². The molecule has 33 heavy (non-hydrogen) atoms. The molecule has 1 unspecified atom stereocenters. The fourth-order valence-corrected chi connectivity index (χ4v) is 5.62. The van der Waals surface area contributed by atoms with Gasteiger partial charge in [0.25, 0.3) is 0 Å². The summed E-state index contributed by atoms with van der Waals surface area (Å²) in [5.41, 5.74) is 2.16. The van der Waals surface area contributed by atoms with Crippen molar-refractivity contribution in [3.8, 4) is 0 Å². The first-order chi connectivity index (χ1) is 16.1. The Bertz CT molecular complexity index is 957. The number of unbranched alkanes of at least 4 members (excludes halogenated alkanes) is 1. The number of piperazine rings is 1. The van der Waals surface area contributed by atoms with Crippen molar-refractivity contribution in [1.82, 2.24) is 20.0 Å². The number of rotatable bonds is 7. The Labute approximate surface area is 199 Å². The lowest BCUT2D eigenvalue weighted by molar-refractivity contribution is -0.133. The van der Waals surface area contributed by atoms with E-state index in [-0.39, 0.29) is 23.8 Å². The van der Waals surface area contributed by atoms with Crippen molar-refractivity contribution >= 4 is 23.3 Å². The Morgan fingerprint density at radius 2 is 1.91 bits per heavy atom. The molecule has 1 aromatic heterocycles. The summed E-state index contributed by atoms with van der Waals surface area (Å²) in [6.07, 6.45) is 3.41. The maximum atomic E-state index is 14.0. The Kier molecular flexibility index (Phi) is 7.98. The molecular weight excluding hydrogens is 439 g/mol. The van der Waals surface area contributed by atoms with Crippen LogP contribution in [0.25, 0.3) is 0 Å². The molecule has 0 aliphatic carbocycles. The first-order valence-corrected chi connectivity index (χ1v) is 12.8. The van der Waals surface area contributed by atoms with Gasteiger partial charge in [-0.25, -0.2) is 9.18 Å². The Balaban J connectivity index is 1.33. The minimum absolute atomic E-state index is 0.0211. The van der Waals surface area contributed by atoms with E-state index in [1.54, 1.807) is 28.4 Å². The number of halogens is 1. The Hall–Kier alpha value is -2.45. The van der Waals surface area contributed by atoms with Gasteiger partial charge >= 0.3 is 6.03 Å². The molecule has 1 saturated heterocycles. The summed E-state index contributed by atoms with van der Waals surface area (Å²) in [6, 6.07) is 8.89. The van der Waals surface area contributed by atoms with Crippen LogP contribution in [0.15, 0.2) is 35.7 Å². The van der Waals surface area contributed by atoms with Crippen LogP contribution in [0.2, 0.25) is 0 Å². The number of carbonyl (C=O) groups excluding carboxylic acids is 2. The van der Waals surface area contributed by atoms with Crippen molar-refractivity contribution < 1.29 is 14.0 Å². The summed E-state index contributed by atoms with van der Waals surface area (Å²) < 4.78 is 14.0. The van der Waals surface area contributed by atoms with Crippen molar-refractivity contribution in [2.24, 2.45) is 0 Å². The smallest absolute Gasteiger partial charge is 0.317 e. The lowest BCUT2D eigenvalue weighted by Gasteiger charge is -2.38. The summed E-state index contributed by atoms with van der Waals surface area (Å²) >= 11 is 1.75. The largest absolute Gasteiger partial charge is 0.339 e. The zero-order chi connectivity index (χ0) is 23.2. The molecule has 1 aromatic carbocycles. The molecule has 8 heteroatoms. The Morgan fingerprint density at radius 3 is 2.67 bits per heavy atom. The van der Waals surface area contributed by atoms with E-state index >= 15 is 0 Å². The van der Waals surface area contributed by atoms with Crippen LogP contribution in [-0.2, 0) is 11.2 Å². The molecule has 0 saturated carbocycles. The minimum Gasteiger partial charge on any atom is -0.339 e. The van der Waals surface area contributed by atoms with Crippen LogP contribution in [0.1, 0.15) is 48.2 Å². The predicted molar refractivity (Wildman–Crippen MR) is 129 cm³/mol. The fraction of sp³-hybridized carbons (Fsp3) is 0.520. The fourth-order valence-electron chi connectivity index (χ4n) is 4.72. The van der Waals surface area contributed by atoms with Crippen LogP contribution in [-0.4, -0.2) is 72.5 Å². The average Bonchev–Trinajstić information content (AvgIpc) is 3.31. The number of amides is 3. The zero-order valence-electron chi connectivity index (χ0n) is 19.3. The van der Waals surface area contributed by atoms with Crippen molar-refractivity contribution in [3.05, 3.63) is 57.5 Å². The van der Waals surface area contributed by atoms with Gasteiger partial charge in [0.1, 0.15) is 5.82 Å². The van der Waals surface area contributed by atoms with Crippen molar-refractivity contribution in [1.29, 1.82) is 0 Å². The van der Waals surface area contributed by atoms with E-state index in [2.05, 4.69) is 28.6 Å². The highest BCUT2D eigenvalue weighted by molar-refractivity contribution is 7.10. The number of urea groups is 1. The summed E-state index contributed by atoms with van der Waals surface area (Å²) in [7, 11) is 0. The highest BCUT2D eigenvalue weighted by atomic mass is 32.1. The number of fused-ring (bicyclic) bond motifs is 1. The summed E-state index contributed by atoms with van der Waals surface area (Å²) in [5, 5.41) is 5.05. The van der Waals surface area contributed by atoms with Gasteiger partial charge in [0.05, 0.1) is 6.04 Å². The van der Waals surface area contributed by atoms with Crippen LogP contribution in [0.4, 0.5) is 9.18 Å². The van der Waals surface area contributed by atoms with Gasteiger partial charge in [-0.2, -0.15) is 0 Å². The first-order valence-electron chi connectivity index (χ1n) is 11.9. The van der Waals surface area contributed by atoms with Crippen LogP contribution in [0, 0.1) is 5.82 Å². The minimum atomic E-state index is -0.234. The van der Waals surface area contributed by atoms with E-state index in [0.29, 0.717) is 45.7 Å². The standard InChI is InChI=1S/C25H33FN4O2S/c1-2-3-10-27-25(32)30-15-13-28(14-16-30)23(31)8-12-29-11-7-22-21(9-17-33-22)24(29)19-5-4-6-20(26)18-19/h4-6,9,17-18,24H,2-3,7-8,10-16H2,1H3,(H,27,32). The van der Waals surface area contributed by atoms with Gasteiger partial charge in [0.2, 0.25) is 5.91 Å². The van der Waals surface area contributed by atoms with Gasteiger partial charge < -0.3 is 15.1 Å². The monoisotopic (exact) mass is 472 g/mol. The quantitative estimate of drug-likeness (QED) is 0.623. The molecule has 3 heterocycles. The van der Waals surface area contributed by atoms with Gasteiger partial charge in [0, 0.05) is 57.1 Å². The molecule has 1 N–H and O–H groups in total. The second kappa shape index (κ2) is 11.1. The van der Waals surface area contributed by atoms with E-state index in [1.807, 2.05) is 11.0 Å². The second-order valence-corrected chi connectivity index (χ2v) is 9.75. The molecule has 0 spiro atoms. The number of thiophene rings is 1. The van der Waals surface area contributed by atoms with Crippen LogP contribution in [0.5, 0.6) is 0 Å². The predicted octanol–water partition coefficient (Wildman–Crippen LogP) is 3.88. The highest BCUT2D eigenvalue weighted by Gasteiger charge is 2.31. The molecule has 1 atom stereocenters. The maximum absolute atomic E-state index is 14.0. The lowest BCUT2D eigenvalue weighted by atomic mass is 9.93. The van der Waals surface area contributed by atoms with Crippen LogP contribution in [0.3, 0.4) is 0 Å². The number of nitrogens with one attached hydrogen (secondary N) is 1. The SMILES string of the molecule is CCCCNC(=O)N1CCN(C(=O)CCN2CCc3sccc3C2c2cccc(F)c2)CC1. The van der Waals surface area contributed by atoms with Gasteiger partial charge in [-0.05, 0) is 47.5 Å². The molecule has 1 fully saturated rings. The highest BCUT2D eigenvalue weighted by Crippen LogP contribution is 2.37. The summed E-state index contributed by atoms with van der Waals surface area (Å²) in [5.74, 6) is -0.113. The van der Waals surface area contributed by atoms with Gasteiger partial charge in [-0.15, -0.1) is 11.3 Å². The van der Waals surface area contributed by atoms with E-state index < -0.39 is 0 Å². The molecule has 3 amide bonds. The molecule has 0 bridgehead atoms. The van der Waals surface area contributed by atoms with Gasteiger partial charge in [-0.3, -0.25) is 9.69 Å². The van der Waals surface area contributed by atoms with Crippen molar-refractivity contribution in [3.63, 3.8) is 0 Å². The first kappa shape index (κ1) is 23.7. The van der Waals surface area contributed by atoms with E-state index in [4.69, 9.17) is 0 Å². The molecule has 2 aliphatic rings. The molecule has 6 nitrogen and oxygen atoms in total. The average molecular weight is 473 g/mol. The number of hydrogen-bond donors (Lipinski definition) is 1. The third kappa shape index (κ3) is 5.73. The molecule has 4 rings (SSSR count). The molecule has 0 radical (unpaired) electrons. The zero-order valence-corrected chi connectivity index (χ0v) is 20.1. The number of carbonyl (C=O) groups is 2. The molecular formula is C25H33FN4O2S. The summed E-state index contributed by atoms with van der Waals surface area (Å²) in [4.78, 5) is 32.5. The number of nitrogens with zero attached hydrogens (tertiary/aromatic N) is 3. The van der Waals surface area contributed by atoms with E-state index in [0.717, 1.165) is 31.4 Å².